The van der Waals surface area contributed by atoms with Crippen LogP contribution in [0.2, 0.25) is 0 Å². The van der Waals surface area contributed by atoms with E-state index in [0.29, 0.717) is 0 Å². The van der Waals surface area contributed by atoms with Crippen molar-refractivity contribution in [3.05, 3.63) is 0 Å². The SMILES string of the molecule is CCCCCCN(CCN)CC(C)CC. The zero-order valence-electron chi connectivity index (χ0n) is 11.0. The molecule has 0 aromatic rings. The number of unbranched alkanes of at least 4 members (excludes halogenated alkanes) is 3. The van der Waals surface area contributed by atoms with E-state index in [1.807, 2.05) is 0 Å². The van der Waals surface area contributed by atoms with E-state index < -0.39 is 0 Å². The van der Waals surface area contributed by atoms with Crippen LogP contribution < -0.4 is 5.73 Å². The average Bonchev–Trinajstić information content (AvgIpc) is 2.24. The highest BCUT2D eigenvalue weighted by Crippen LogP contribution is 2.06. The summed E-state index contributed by atoms with van der Waals surface area (Å²) in [6.07, 6.45) is 6.68. The van der Waals surface area contributed by atoms with Gasteiger partial charge in [-0.2, -0.15) is 0 Å². The van der Waals surface area contributed by atoms with Gasteiger partial charge in [-0.1, -0.05) is 46.5 Å². The van der Waals surface area contributed by atoms with E-state index in [1.54, 1.807) is 0 Å². The topological polar surface area (TPSA) is 29.3 Å². The first kappa shape index (κ1) is 14.9. The summed E-state index contributed by atoms with van der Waals surface area (Å²) in [5, 5.41) is 0. The van der Waals surface area contributed by atoms with Crippen LogP contribution in [0.5, 0.6) is 0 Å². The Morgan fingerprint density at radius 2 is 1.80 bits per heavy atom. The van der Waals surface area contributed by atoms with Gasteiger partial charge in [0.1, 0.15) is 0 Å². The molecule has 0 spiro atoms. The highest BCUT2D eigenvalue weighted by atomic mass is 15.1. The van der Waals surface area contributed by atoms with Crippen molar-refractivity contribution in [2.45, 2.75) is 52.9 Å². The predicted molar refractivity (Wildman–Crippen MR) is 69.1 cm³/mol. The van der Waals surface area contributed by atoms with Crippen LogP contribution in [0.4, 0.5) is 0 Å². The van der Waals surface area contributed by atoms with Gasteiger partial charge in [0, 0.05) is 19.6 Å². The molecule has 92 valence electrons. The smallest absolute Gasteiger partial charge is 0.0105 e. The first-order chi connectivity index (χ1) is 7.24. The molecule has 0 aliphatic carbocycles. The van der Waals surface area contributed by atoms with E-state index in [0.717, 1.165) is 19.0 Å². The number of hydrogen-bond acceptors (Lipinski definition) is 2. The van der Waals surface area contributed by atoms with Gasteiger partial charge in [0.15, 0.2) is 0 Å². The predicted octanol–water partition coefficient (Wildman–Crippen LogP) is 2.87. The average molecular weight is 214 g/mol. The maximum absolute atomic E-state index is 5.64. The summed E-state index contributed by atoms with van der Waals surface area (Å²) in [6, 6.07) is 0. The lowest BCUT2D eigenvalue weighted by Gasteiger charge is -2.24. The molecule has 0 aromatic heterocycles. The highest BCUT2D eigenvalue weighted by Gasteiger charge is 2.07. The molecule has 0 aromatic carbocycles. The summed E-state index contributed by atoms with van der Waals surface area (Å²) in [5.74, 6) is 0.808. The Kier molecular flexibility index (Phi) is 10.4. The Morgan fingerprint density at radius 1 is 1.07 bits per heavy atom. The van der Waals surface area contributed by atoms with Crippen molar-refractivity contribution in [3.63, 3.8) is 0 Å². The Bertz CT molecular complexity index is 126. The van der Waals surface area contributed by atoms with Crippen molar-refractivity contribution in [1.82, 2.24) is 4.90 Å². The van der Waals surface area contributed by atoms with Gasteiger partial charge in [-0.05, 0) is 18.9 Å². The largest absolute Gasteiger partial charge is 0.329 e. The first-order valence-corrected chi connectivity index (χ1v) is 6.66. The van der Waals surface area contributed by atoms with Gasteiger partial charge in [0.05, 0.1) is 0 Å². The van der Waals surface area contributed by atoms with E-state index in [4.69, 9.17) is 5.73 Å². The number of nitrogens with two attached hydrogens (primary N) is 1. The molecule has 0 aliphatic rings. The molecule has 0 heterocycles. The van der Waals surface area contributed by atoms with Crippen LogP contribution in [0.1, 0.15) is 52.9 Å². The zero-order valence-corrected chi connectivity index (χ0v) is 11.0. The van der Waals surface area contributed by atoms with Gasteiger partial charge in [-0.25, -0.2) is 0 Å². The van der Waals surface area contributed by atoms with Crippen molar-refractivity contribution < 1.29 is 0 Å². The lowest BCUT2D eigenvalue weighted by molar-refractivity contribution is 0.235. The van der Waals surface area contributed by atoms with E-state index in [9.17, 15) is 0 Å². The molecule has 15 heavy (non-hydrogen) atoms. The van der Waals surface area contributed by atoms with Crippen molar-refractivity contribution >= 4 is 0 Å². The summed E-state index contributed by atoms with van der Waals surface area (Å²) in [5.41, 5.74) is 5.64. The minimum absolute atomic E-state index is 0.796. The zero-order chi connectivity index (χ0) is 11.5. The molecule has 0 aliphatic heterocycles. The summed E-state index contributed by atoms with van der Waals surface area (Å²) in [6.45, 7) is 11.2. The monoisotopic (exact) mass is 214 g/mol. The molecular formula is C13H30N2. The number of rotatable bonds is 10. The molecule has 0 fully saturated rings. The molecule has 2 nitrogen and oxygen atoms in total. The van der Waals surface area contributed by atoms with Crippen LogP contribution in [0.3, 0.4) is 0 Å². The Balaban J connectivity index is 3.62. The van der Waals surface area contributed by atoms with E-state index in [1.165, 1.54) is 45.2 Å². The standard InChI is InChI=1S/C13H30N2/c1-4-6-7-8-10-15(11-9-14)12-13(3)5-2/h13H,4-12,14H2,1-3H3. The molecular weight excluding hydrogens is 184 g/mol. The molecule has 0 saturated carbocycles. The quantitative estimate of drug-likeness (QED) is 0.567. The second-order valence-corrected chi connectivity index (χ2v) is 4.66. The van der Waals surface area contributed by atoms with Crippen molar-refractivity contribution in [2.24, 2.45) is 11.7 Å². The third-order valence-corrected chi connectivity index (χ3v) is 3.04. The minimum atomic E-state index is 0.796. The fourth-order valence-electron chi connectivity index (χ4n) is 1.81. The van der Waals surface area contributed by atoms with Crippen LogP contribution in [0.25, 0.3) is 0 Å². The lowest BCUT2D eigenvalue weighted by atomic mass is 10.1. The Morgan fingerprint density at radius 3 is 2.33 bits per heavy atom. The van der Waals surface area contributed by atoms with Crippen LogP contribution in [0, 0.1) is 5.92 Å². The Hall–Kier alpha value is -0.0800. The van der Waals surface area contributed by atoms with E-state index in [2.05, 4.69) is 25.7 Å². The second kappa shape index (κ2) is 10.4. The third kappa shape index (κ3) is 8.88. The van der Waals surface area contributed by atoms with Gasteiger partial charge in [0.25, 0.3) is 0 Å². The van der Waals surface area contributed by atoms with Crippen molar-refractivity contribution in [2.75, 3.05) is 26.2 Å². The minimum Gasteiger partial charge on any atom is -0.329 e. The van der Waals surface area contributed by atoms with Crippen LogP contribution in [-0.4, -0.2) is 31.1 Å². The third-order valence-electron chi connectivity index (χ3n) is 3.04. The highest BCUT2D eigenvalue weighted by molar-refractivity contribution is 4.62. The summed E-state index contributed by atoms with van der Waals surface area (Å²) in [4.78, 5) is 2.53. The summed E-state index contributed by atoms with van der Waals surface area (Å²) < 4.78 is 0. The van der Waals surface area contributed by atoms with Crippen LogP contribution in [-0.2, 0) is 0 Å². The Labute approximate surface area is 96.2 Å². The molecule has 0 radical (unpaired) electrons. The molecule has 0 saturated heterocycles. The van der Waals surface area contributed by atoms with Gasteiger partial charge in [0.2, 0.25) is 0 Å². The van der Waals surface area contributed by atoms with Crippen molar-refractivity contribution in [1.29, 1.82) is 0 Å². The maximum atomic E-state index is 5.64. The van der Waals surface area contributed by atoms with E-state index >= 15 is 0 Å². The van der Waals surface area contributed by atoms with Gasteiger partial charge < -0.3 is 10.6 Å². The molecule has 1 atom stereocenters. The number of nitrogens with zero attached hydrogens (tertiary/aromatic N) is 1. The molecule has 0 rings (SSSR count). The molecule has 2 N–H and O–H groups in total. The molecule has 0 bridgehead atoms. The fourth-order valence-corrected chi connectivity index (χ4v) is 1.81. The maximum Gasteiger partial charge on any atom is 0.0105 e. The lowest BCUT2D eigenvalue weighted by Crippen LogP contribution is -2.34. The molecule has 1 unspecified atom stereocenters. The van der Waals surface area contributed by atoms with E-state index in [-0.39, 0.29) is 0 Å². The van der Waals surface area contributed by atoms with Gasteiger partial charge in [-0.3, -0.25) is 0 Å². The number of hydrogen-bond donors (Lipinski definition) is 1. The summed E-state index contributed by atoms with van der Waals surface area (Å²) >= 11 is 0. The normalized spacial score (nSPS) is 13.4. The second-order valence-electron chi connectivity index (χ2n) is 4.66. The fraction of sp³-hybridized carbons (Fsp3) is 1.00. The van der Waals surface area contributed by atoms with Crippen molar-refractivity contribution in [3.8, 4) is 0 Å². The molecule has 2 heteroatoms. The van der Waals surface area contributed by atoms with Crippen LogP contribution >= 0.6 is 0 Å². The van der Waals surface area contributed by atoms with Gasteiger partial charge in [-0.15, -0.1) is 0 Å². The van der Waals surface area contributed by atoms with Crippen LogP contribution in [0.15, 0.2) is 0 Å². The summed E-state index contributed by atoms with van der Waals surface area (Å²) in [7, 11) is 0. The first-order valence-electron chi connectivity index (χ1n) is 6.66. The molecule has 0 amide bonds. The van der Waals surface area contributed by atoms with Gasteiger partial charge >= 0.3 is 0 Å².